The molecule has 0 unspecified atom stereocenters. The van der Waals surface area contributed by atoms with E-state index >= 15 is 0 Å². The molecule has 4 nitrogen and oxygen atoms in total. The molecule has 4 aromatic rings. The Bertz CT molecular complexity index is 995. The summed E-state index contributed by atoms with van der Waals surface area (Å²) < 4.78 is 13.3. The van der Waals surface area contributed by atoms with E-state index < -0.39 is 0 Å². The van der Waals surface area contributed by atoms with Crippen molar-refractivity contribution in [3.05, 3.63) is 78.2 Å². The zero-order chi connectivity index (χ0) is 17.1. The minimum Gasteiger partial charge on any atom is -0.325 e. The SMILES string of the molecule is Cl.Cl.Fc1cccc(-c2ccc(Nc3cccc(-c4nccs4)n3)nc2)c1. The molecule has 0 aliphatic rings. The third-order valence-corrected chi connectivity index (χ3v) is 4.37. The van der Waals surface area contributed by atoms with Crippen molar-refractivity contribution in [1.82, 2.24) is 15.0 Å². The van der Waals surface area contributed by atoms with Gasteiger partial charge in [0.15, 0.2) is 0 Å². The van der Waals surface area contributed by atoms with Crippen molar-refractivity contribution < 1.29 is 4.39 Å². The molecule has 0 amide bonds. The number of hydrogen-bond acceptors (Lipinski definition) is 5. The smallest absolute Gasteiger partial charge is 0.141 e. The van der Waals surface area contributed by atoms with Crippen LogP contribution >= 0.6 is 36.2 Å². The van der Waals surface area contributed by atoms with Crippen LogP contribution in [0.15, 0.2) is 72.4 Å². The Balaban J connectivity index is 0.00000131. The van der Waals surface area contributed by atoms with Crippen molar-refractivity contribution in [2.75, 3.05) is 5.32 Å². The fourth-order valence-electron chi connectivity index (χ4n) is 2.41. The maximum absolute atomic E-state index is 13.3. The molecule has 8 heteroatoms. The molecule has 0 fully saturated rings. The molecular weight excluding hydrogens is 406 g/mol. The first-order chi connectivity index (χ1) is 12.3. The van der Waals surface area contributed by atoms with Crippen LogP contribution in [0.2, 0.25) is 0 Å². The van der Waals surface area contributed by atoms with E-state index in [2.05, 4.69) is 20.3 Å². The number of benzene rings is 1. The Kier molecular flexibility index (Phi) is 7.24. The molecular formula is C19H15Cl2FN4S. The van der Waals surface area contributed by atoms with E-state index in [1.165, 1.54) is 12.1 Å². The molecule has 27 heavy (non-hydrogen) atoms. The van der Waals surface area contributed by atoms with Gasteiger partial charge in [-0.2, -0.15) is 0 Å². The molecule has 0 atom stereocenters. The summed E-state index contributed by atoms with van der Waals surface area (Å²) >= 11 is 1.54. The minimum atomic E-state index is -0.261. The second-order valence-corrected chi connectivity index (χ2v) is 6.21. The van der Waals surface area contributed by atoms with E-state index in [0.29, 0.717) is 11.6 Å². The number of nitrogens with zero attached hydrogens (tertiary/aromatic N) is 3. The standard InChI is InChI=1S/C19H13FN4S.2ClH/c20-15-4-1-3-13(11-15)14-7-8-17(22-12-14)24-18-6-2-5-16(23-18)19-21-9-10-25-19;;/h1-12H,(H,22,23,24);2*1H. The average Bonchev–Trinajstić information content (AvgIpc) is 3.17. The Labute approximate surface area is 172 Å². The molecule has 0 aliphatic heterocycles. The monoisotopic (exact) mass is 420 g/mol. The van der Waals surface area contributed by atoms with E-state index in [1.54, 1.807) is 29.8 Å². The van der Waals surface area contributed by atoms with Gasteiger partial charge in [-0.1, -0.05) is 18.2 Å². The summed E-state index contributed by atoms with van der Waals surface area (Å²) in [6, 6.07) is 15.9. The van der Waals surface area contributed by atoms with Crippen molar-refractivity contribution in [3.8, 4) is 21.8 Å². The Morgan fingerprint density at radius 3 is 2.41 bits per heavy atom. The fourth-order valence-corrected chi connectivity index (χ4v) is 3.02. The fraction of sp³-hybridized carbons (Fsp3) is 0. The van der Waals surface area contributed by atoms with E-state index in [4.69, 9.17) is 0 Å². The van der Waals surface area contributed by atoms with Crippen LogP contribution in [0, 0.1) is 5.82 Å². The molecule has 0 radical (unpaired) electrons. The van der Waals surface area contributed by atoms with Gasteiger partial charge in [-0.3, -0.25) is 0 Å². The van der Waals surface area contributed by atoms with Gasteiger partial charge < -0.3 is 5.32 Å². The van der Waals surface area contributed by atoms with Crippen LogP contribution < -0.4 is 5.32 Å². The van der Waals surface area contributed by atoms with Crippen molar-refractivity contribution in [3.63, 3.8) is 0 Å². The molecule has 0 spiro atoms. The lowest BCUT2D eigenvalue weighted by Crippen LogP contribution is -1.96. The summed E-state index contributed by atoms with van der Waals surface area (Å²) in [5.41, 5.74) is 2.47. The van der Waals surface area contributed by atoms with Crippen LogP contribution in [0.3, 0.4) is 0 Å². The molecule has 0 saturated heterocycles. The molecule has 1 aromatic carbocycles. The number of nitrogens with one attached hydrogen (secondary N) is 1. The summed E-state index contributed by atoms with van der Waals surface area (Å²) in [7, 11) is 0. The highest BCUT2D eigenvalue weighted by atomic mass is 35.5. The van der Waals surface area contributed by atoms with Crippen LogP contribution in [0.5, 0.6) is 0 Å². The summed E-state index contributed by atoms with van der Waals surface area (Å²) in [6.07, 6.45) is 3.47. The Morgan fingerprint density at radius 1 is 0.852 bits per heavy atom. The average molecular weight is 421 g/mol. The van der Waals surface area contributed by atoms with Crippen molar-refractivity contribution in [1.29, 1.82) is 0 Å². The van der Waals surface area contributed by atoms with Gasteiger partial charge in [0.25, 0.3) is 0 Å². The number of halogens is 3. The lowest BCUT2D eigenvalue weighted by molar-refractivity contribution is 0.628. The maximum Gasteiger partial charge on any atom is 0.141 e. The predicted octanol–water partition coefficient (Wildman–Crippen LogP) is 5.99. The molecule has 3 aromatic heterocycles. The van der Waals surface area contributed by atoms with E-state index in [-0.39, 0.29) is 30.6 Å². The topological polar surface area (TPSA) is 50.7 Å². The summed E-state index contributed by atoms with van der Waals surface area (Å²) in [5.74, 6) is 1.10. The number of aromatic nitrogens is 3. The maximum atomic E-state index is 13.3. The van der Waals surface area contributed by atoms with Crippen molar-refractivity contribution >= 4 is 47.8 Å². The number of rotatable bonds is 4. The van der Waals surface area contributed by atoms with Gasteiger partial charge in [-0.25, -0.2) is 19.3 Å². The van der Waals surface area contributed by atoms with Gasteiger partial charge in [0.2, 0.25) is 0 Å². The number of hydrogen-bond donors (Lipinski definition) is 1. The molecule has 1 N–H and O–H groups in total. The van der Waals surface area contributed by atoms with Crippen LogP contribution in [0.1, 0.15) is 0 Å². The van der Waals surface area contributed by atoms with Gasteiger partial charge in [0.05, 0.1) is 0 Å². The van der Waals surface area contributed by atoms with Gasteiger partial charge in [0.1, 0.15) is 28.2 Å². The second-order valence-electron chi connectivity index (χ2n) is 5.31. The third-order valence-electron chi connectivity index (χ3n) is 3.58. The van der Waals surface area contributed by atoms with E-state index in [0.717, 1.165) is 21.8 Å². The third kappa shape index (κ3) is 5.01. The highest BCUT2D eigenvalue weighted by molar-refractivity contribution is 7.13. The molecule has 0 bridgehead atoms. The predicted molar refractivity (Wildman–Crippen MR) is 113 cm³/mol. The Morgan fingerprint density at radius 2 is 1.70 bits per heavy atom. The number of pyridine rings is 2. The highest BCUT2D eigenvalue weighted by Crippen LogP contribution is 2.24. The lowest BCUT2D eigenvalue weighted by Gasteiger charge is -2.07. The zero-order valence-corrected chi connectivity index (χ0v) is 16.3. The molecule has 4 rings (SSSR count). The van der Waals surface area contributed by atoms with Gasteiger partial charge in [-0.15, -0.1) is 36.2 Å². The van der Waals surface area contributed by atoms with Gasteiger partial charge >= 0.3 is 0 Å². The van der Waals surface area contributed by atoms with Crippen molar-refractivity contribution in [2.24, 2.45) is 0 Å². The quantitative estimate of drug-likeness (QED) is 0.440. The number of anilines is 2. The first-order valence-electron chi connectivity index (χ1n) is 7.64. The van der Waals surface area contributed by atoms with Gasteiger partial charge in [-0.05, 0) is 42.0 Å². The van der Waals surface area contributed by atoms with Crippen LogP contribution in [0.25, 0.3) is 21.8 Å². The first kappa shape index (κ1) is 20.8. The summed E-state index contributed by atoms with van der Waals surface area (Å²) in [5, 5.41) is 5.97. The lowest BCUT2D eigenvalue weighted by atomic mass is 10.1. The van der Waals surface area contributed by atoms with Crippen molar-refractivity contribution in [2.45, 2.75) is 0 Å². The normalized spacial score (nSPS) is 9.81. The molecule has 0 saturated carbocycles. The Hall–Kier alpha value is -2.54. The van der Waals surface area contributed by atoms with Crippen LogP contribution in [-0.2, 0) is 0 Å². The first-order valence-corrected chi connectivity index (χ1v) is 8.52. The summed E-state index contributed by atoms with van der Waals surface area (Å²) in [6.45, 7) is 0. The highest BCUT2D eigenvalue weighted by Gasteiger charge is 2.05. The van der Waals surface area contributed by atoms with Crippen LogP contribution in [0.4, 0.5) is 16.0 Å². The molecule has 0 aliphatic carbocycles. The van der Waals surface area contributed by atoms with Gasteiger partial charge in [0, 0.05) is 23.3 Å². The zero-order valence-electron chi connectivity index (χ0n) is 13.9. The largest absolute Gasteiger partial charge is 0.325 e. The van der Waals surface area contributed by atoms with Crippen LogP contribution in [-0.4, -0.2) is 15.0 Å². The minimum absolute atomic E-state index is 0. The second kappa shape index (κ2) is 9.41. The molecule has 3 heterocycles. The van der Waals surface area contributed by atoms with E-state index in [1.807, 2.05) is 41.8 Å². The van der Waals surface area contributed by atoms with E-state index in [9.17, 15) is 4.39 Å². The molecule has 138 valence electrons. The summed E-state index contributed by atoms with van der Waals surface area (Å²) in [4.78, 5) is 13.2. The number of thiazole rings is 1.